The van der Waals surface area contributed by atoms with E-state index in [1.807, 2.05) is 0 Å². The number of hydrogen-bond donors (Lipinski definition) is 1. The molecule has 0 unspecified atom stereocenters. The molecule has 1 aromatic carbocycles. The average Bonchev–Trinajstić information content (AvgIpc) is 2.28. The maximum absolute atomic E-state index is 12.1. The second-order valence-electron chi connectivity index (χ2n) is 4.03. The van der Waals surface area contributed by atoms with Gasteiger partial charge in [-0.3, -0.25) is 9.59 Å². The van der Waals surface area contributed by atoms with Gasteiger partial charge in [-0.05, 0) is 24.6 Å². The molecule has 5 heteroatoms. The Kier molecular flexibility index (Phi) is 3.47. The highest BCUT2D eigenvalue weighted by atomic mass is 79.9. The summed E-state index contributed by atoms with van der Waals surface area (Å²) in [7, 11) is 0. The Labute approximate surface area is 107 Å². The Bertz CT molecular complexity index is 473. The van der Waals surface area contributed by atoms with Crippen molar-refractivity contribution in [2.75, 3.05) is 13.1 Å². The first kappa shape index (κ1) is 12.1. The van der Waals surface area contributed by atoms with Crippen LogP contribution in [0, 0.1) is 0 Å². The number of rotatable bonds is 1. The molecule has 4 nitrogen and oxygen atoms in total. The number of ketones is 1. The van der Waals surface area contributed by atoms with E-state index in [1.165, 1.54) is 11.0 Å². The van der Waals surface area contributed by atoms with E-state index < -0.39 is 0 Å². The maximum atomic E-state index is 12.1. The third-order valence-corrected chi connectivity index (χ3v) is 3.22. The number of phenolic OH excluding ortho intramolecular Hbond substituents is 1. The predicted octanol–water partition coefficient (Wildman–Crippen LogP) is 1.96. The summed E-state index contributed by atoms with van der Waals surface area (Å²) in [5.41, 5.74) is 0.239. The summed E-state index contributed by atoms with van der Waals surface area (Å²) in [4.78, 5) is 24.8. The van der Waals surface area contributed by atoms with E-state index in [4.69, 9.17) is 0 Å². The van der Waals surface area contributed by atoms with Crippen LogP contribution < -0.4 is 0 Å². The number of benzene rings is 1. The number of amides is 1. The summed E-state index contributed by atoms with van der Waals surface area (Å²) < 4.78 is 0.710. The lowest BCUT2D eigenvalue weighted by Crippen LogP contribution is -2.40. The molecule has 1 N–H and O–H groups in total. The maximum Gasteiger partial charge on any atom is 0.258 e. The highest BCUT2D eigenvalue weighted by molar-refractivity contribution is 9.10. The largest absolute Gasteiger partial charge is 0.507 e. The molecule has 90 valence electrons. The van der Waals surface area contributed by atoms with Crippen molar-refractivity contribution in [3.63, 3.8) is 0 Å². The Morgan fingerprint density at radius 1 is 1.41 bits per heavy atom. The lowest BCUT2D eigenvalue weighted by atomic mass is 10.1. The third kappa shape index (κ3) is 2.66. The van der Waals surface area contributed by atoms with Crippen LogP contribution in [0.3, 0.4) is 0 Å². The van der Waals surface area contributed by atoms with Crippen LogP contribution in [-0.4, -0.2) is 34.8 Å². The Hall–Kier alpha value is -1.36. The molecule has 1 fully saturated rings. The van der Waals surface area contributed by atoms with E-state index in [-0.39, 0.29) is 29.5 Å². The van der Waals surface area contributed by atoms with Crippen molar-refractivity contribution in [1.29, 1.82) is 0 Å². The summed E-state index contributed by atoms with van der Waals surface area (Å²) in [5.74, 6) is -0.286. The molecule has 0 aromatic heterocycles. The second kappa shape index (κ2) is 4.87. The number of phenols is 1. The number of carbonyl (C=O) groups excluding carboxylic acids is 2. The van der Waals surface area contributed by atoms with E-state index in [1.54, 1.807) is 12.1 Å². The van der Waals surface area contributed by atoms with Crippen LogP contribution in [0.15, 0.2) is 22.7 Å². The average molecular weight is 298 g/mol. The van der Waals surface area contributed by atoms with Crippen molar-refractivity contribution in [3.8, 4) is 5.75 Å². The number of halogens is 1. The molecule has 0 spiro atoms. The minimum Gasteiger partial charge on any atom is -0.507 e. The zero-order chi connectivity index (χ0) is 12.4. The third-order valence-electron chi connectivity index (χ3n) is 2.73. The first-order valence-corrected chi connectivity index (χ1v) is 6.17. The smallest absolute Gasteiger partial charge is 0.258 e. The van der Waals surface area contributed by atoms with Gasteiger partial charge in [0.1, 0.15) is 5.75 Å². The summed E-state index contributed by atoms with van der Waals surface area (Å²) in [5, 5.41) is 9.70. The molecule has 0 atom stereocenters. The molecule has 1 amide bonds. The molecule has 1 aliphatic heterocycles. The van der Waals surface area contributed by atoms with Crippen LogP contribution in [-0.2, 0) is 4.79 Å². The van der Waals surface area contributed by atoms with Crippen molar-refractivity contribution >= 4 is 27.6 Å². The van der Waals surface area contributed by atoms with Gasteiger partial charge in [-0.1, -0.05) is 15.9 Å². The number of likely N-dealkylation sites (tertiary alicyclic amines) is 1. The predicted molar refractivity (Wildman–Crippen MR) is 66.0 cm³/mol. The van der Waals surface area contributed by atoms with Gasteiger partial charge in [0.05, 0.1) is 12.1 Å². The van der Waals surface area contributed by atoms with Gasteiger partial charge in [-0.2, -0.15) is 0 Å². The van der Waals surface area contributed by atoms with Crippen molar-refractivity contribution in [2.45, 2.75) is 12.8 Å². The zero-order valence-corrected chi connectivity index (χ0v) is 10.7. The molecule has 0 radical (unpaired) electrons. The van der Waals surface area contributed by atoms with Crippen LogP contribution in [0.1, 0.15) is 23.2 Å². The minimum absolute atomic E-state index is 0.0672. The van der Waals surface area contributed by atoms with E-state index in [2.05, 4.69) is 15.9 Å². The van der Waals surface area contributed by atoms with Crippen LogP contribution in [0.4, 0.5) is 0 Å². The highest BCUT2D eigenvalue weighted by Gasteiger charge is 2.24. The van der Waals surface area contributed by atoms with Crippen LogP contribution >= 0.6 is 15.9 Å². The summed E-state index contributed by atoms with van der Waals surface area (Å²) >= 11 is 3.21. The van der Waals surface area contributed by atoms with Crippen molar-refractivity contribution < 1.29 is 14.7 Å². The van der Waals surface area contributed by atoms with E-state index >= 15 is 0 Å². The fourth-order valence-electron chi connectivity index (χ4n) is 1.87. The lowest BCUT2D eigenvalue weighted by molar-refractivity contribution is -0.121. The lowest BCUT2D eigenvalue weighted by Gasteiger charge is -2.26. The zero-order valence-electron chi connectivity index (χ0n) is 9.15. The number of carbonyl (C=O) groups is 2. The molecule has 1 aliphatic rings. The molecule has 0 aliphatic carbocycles. The monoisotopic (exact) mass is 297 g/mol. The number of nitrogens with zero attached hydrogens (tertiary/aromatic N) is 1. The summed E-state index contributed by atoms with van der Waals surface area (Å²) in [6.45, 7) is 0.717. The van der Waals surface area contributed by atoms with Gasteiger partial charge in [0.25, 0.3) is 5.91 Å². The molecule has 1 aromatic rings. The number of hydrogen-bond acceptors (Lipinski definition) is 3. The van der Waals surface area contributed by atoms with Crippen LogP contribution in [0.5, 0.6) is 5.75 Å². The van der Waals surface area contributed by atoms with Gasteiger partial charge in [0.2, 0.25) is 0 Å². The Morgan fingerprint density at radius 3 is 2.82 bits per heavy atom. The molecule has 1 saturated heterocycles. The summed E-state index contributed by atoms with van der Waals surface area (Å²) in [6.07, 6.45) is 1.23. The number of piperidine rings is 1. The second-order valence-corrected chi connectivity index (χ2v) is 4.95. The summed E-state index contributed by atoms with van der Waals surface area (Å²) in [6, 6.07) is 4.72. The molecular formula is C12H12BrNO3. The van der Waals surface area contributed by atoms with E-state index in [0.717, 1.165) is 0 Å². The van der Waals surface area contributed by atoms with E-state index in [9.17, 15) is 14.7 Å². The number of aromatic hydroxyl groups is 1. The Morgan fingerprint density at radius 2 is 2.18 bits per heavy atom. The standard InChI is InChI=1S/C12H12BrNO3/c13-8-3-4-10(11(16)6-8)12(17)14-5-1-2-9(15)7-14/h3-4,6,16H,1-2,5,7H2. The van der Waals surface area contributed by atoms with Gasteiger partial charge >= 0.3 is 0 Å². The molecule has 17 heavy (non-hydrogen) atoms. The minimum atomic E-state index is -0.289. The SMILES string of the molecule is O=C1CCCN(C(=O)c2ccc(Br)cc2O)C1. The normalized spacial score (nSPS) is 16.1. The van der Waals surface area contributed by atoms with E-state index in [0.29, 0.717) is 23.9 Å². The van der Waals surface area contributed by atoms with Gasteiger partial charge < -0.3 is 10.0 Å². The molecular weight excluding hydrogens is 286 g/mol. The molecule has 1 heterocycles. The fourth-order valence-corrected chi connectivity index (χ4v) is 2.22. The quantitative estimate of drug-likeness (QED) is 0.862. The first-order chi connectivity index (χ1) is 8.08. The van der Waals surface area contributed by atoms with Gasteiger partial charge in [0, 0.05) is 17.4 Å². The van der Waals surface area contributed by atoms with Crippen LogP contribution in [0.25, 0.3) is 0 Å². The van der Waals surface area contributed by atoms with Gasteiger partial charge in [-0.25, -0.2) is 0 Å². The molecule has 0 bridgehead atoms. The molecule has 2 rings (SSSR count). The fraction of sp³-hybridized carbons (Fsp3) is 0.333. The topological polar surface area (TPSA) is 57.6 Å². The van der Waals surface area contributed by atoms with Crippen molar-refractivity contribution in [2.24, 2.45) is 0 Å². The Balaban J connectivity index is 2.21. The van der Waals surface area contributed by atoms with Crippen LogP contribution in [0.2, 0.25) is 0 Å². The number of Topliss-reactive ketones (excluding diaryl/α,β-unsaturated/α-hetero) is 1. The van der Waals surface area contributed by atoms with Crippen molar-refractivity contribution in [3.05, 3.63) is 28.2 Å². The molecule has 0 saturated carbocycles. The van der Waals surface area contributed by atoms with Gasteiger partial charge in [-0.15, -0.1) is 0 Å². The highest BCUT2D eigenvalue weighted by Crippen LogP contribution is 2.24. The first-order valence-electron chi connectivity index (χ1n) is 5.37. The van der Waals surface area contributed by atoms with Gasteiger partial charge in [0.15, 0.2) is 5.78 Å². The van der Waals surface area contributed by atoms with Crippen molar-refractivity contribution in [1.82, 2.24) is 4.90 Å².